The van der Waals surface area contributed by atoms with Crippen molar-refractivity contribution in [2.75, 3.05) is 6.54 Å². The summed E-state index contributed by atoms with van der Waals surface area (Å²) >= 11 is 9.61. The lowest BCUT2D eigenvalue weighted by molar-refractivity contribution is 0.330. The zero-order valence-electron chi connectivity index (χ0n) is 11.9. The molecule has 1 aliphatic rings. The summed E-state index contributed by atoms with van der Waals surface area (Å²) < 4.78 is 0.869. The standard InChI is InChI=1S/C16H20ClNS2/c1-11(2)16(7-8-16)10-18-15(12-4-3-9-19-12)13-5-6-14(17)20-13/h3-6,9,11,15,18H,7-8,10H2,1-2H3. The lowest BCUT2D eigenvalue weighted by Crippen LogP contribution is -2.30. The molecular weight excluding hydrogens is 306 g/mol. The van der Waals surface area contributed by atoms with Crippen molar-refractivity contribution in [1.82, 2.24) is 5.32 Å². The van der Waals surface area contributed by atoms with Gasteiger partial charge in [-0.15, -0.1) is 22.7 Å². The molecule has 1 aliphatic carbocycles. The summed E-state index contributed by atoms with van der Waals surface area (Å²) in [6.45, 7) is 5.79. The minimum absolute atomic E-state index is 0.295. The van der Waals surface area contributed by atoms with Gasteiger partial charge in [-0.1, -0.05) is 31.5 Å². The van der Waals surface area contributed by atoms with Gasteiger partial charge in [0.2, 0.25) is 0 Å². The third-order valence-corrected chi connectivity index (χ3v) is 6.71. The molecule has 0 spiro atoms. The van der Waals surface area contributed by atoms with E-state index in [4.69, 9.17) is 11.6 Å². The maximum atomic E-state index is 6.11. The van der Waals surface area contributed by atoms with Crippen LogP contribution in [0.4, 0.5) is 0 Å². The summed E-state index contributed by atoms with van der Waals surface area (Å²) in [6, 6.07) is 8.78. The van der Waals surface area contributed by atoms with Gasteiger partial charge in [0.15, 0.2) is 0 Å². The minimum atomic E-state index is 0.295. The molecule has 1 saturated carbocycles. The van der Waals surface area contributed by atoms with Gasteiger partial charge in [0.05, 0.1) is 10.4 Å². The van der Waals surface area contributed by atoms with Gasteiger partial charge < -0.3 is 5.32 Å². The van der Waals surface area contributed by atoms with E-state index in [1.165, 1.54) is 22.6 Å². The molecule has 2 heterocycles. The van der Waals surface area contributed by atoms with Gasteiger partial charge >= 0.3 is 0 Å². The first kappa shape index (κ1) is 14.6. The molecule has 0 amide bonds. The van der Waals surface area contributed by atoms with Crippen LogP contribution in [-0.4, -0.2) is 6.54 Å². The second-order valence-corrected chi connectivity index (χ2v) is 8.71. The van der Waals surface area contributed by atoms with Gasteiger partial charge in [-0.2, -0.15) is 0 Å². The fraction of sp³-hybridized carbons (Fsp3) is 0.500. The van der Waals surface area contributed by atoms with E-state index in [1.54, 1.807) is 11.3 Å². The van der Waals surface area contributed by atoms with Crippen molar-refractivity contribution >= 4 is 34.3 Å². The molecule has 2 aromatic rings. The van der Waals surface area contributed by atoms with E-state index in [0.29, 0.717) is 11.5 Å². The number of rotatable bonds is 6. The third kappa shape index (κ3) is 2.96. The van der Waals surface area contributed by atoms with Crippen LogP contribution >= 0.6 is 34.3 Å². The van der Waals surface area contributed by atoms with Crippen LogP contribution in [0.1, 0.15) is 42.5 Å². The Morgan fingerprint density at radius 3 is 2.55 bits per heavy atom. The van der Waals surface area contributed by atoms with Crippen molar-refractivity contribution in [2.24, 2.45) is 11.3 Å². The molecule has 0 saturated heterocycles. The van der Waals surface area contributed by atoms with Crippen molar-refractivity contribution < 1.29 is 0 Å². The monoisotopic (exact) mass is 325 g/mol. The fourth-order valence-corrected chi connectivity index (χ4v) is 4.75. The molecule has 4 heteroatoms. The molecule has 3 rings (SSSR count). The van der Waals surface area contributed by atoms with Gasteiger partial charge in [-0.3, -0.25) is 0 Å². The molecule has 2 aromatic heterocycles. The molecule has 1 nitrogen and oxygen atoms in total. The van der Waals surface area contributed by atoms with Crippen LogP contribution in [0.25, 0.3) is 0 Å². The van der Waals surface area contributed by atoms with Gasteiger partial charge in [0.25, 0.3) is 0 Å². The number of hydrogen-bond donors (Lipinski definition) is 1. The first-order valence-corrected chi connectivity index (χ1v) is 9.20. The molecule has 0 radical (unpaired) electrons. The maximum Gasteiger partial charge on any atom is 0.0931 e. The Kier molecular flexibility index (Phi) is 4.23. The van der Waals surface area contributed by atoms with Gasteiger partial charge in [0.1, 0.15) is 0 Å². The van der Waals surface area contributed by atoms with Gasteiger partial charge in [-0.05, 0) is 47.8 Å². The van der Waals surface area contributed by atoms with Crippen LogP contribution in [0.5, 0.6) is 0 Å². The first-order chi connectivity index (χ1) is 9.61. The van der Waals surface area contributed by atoms with Crippen molar-refractivity contribution in [2.45, 2.75) is 32.7 Å². The lowest BCUT2D eigenvalue weighted by atomic mass is 9.92. The Bertz CT molecular complexity index is 555. The van der Waals surface area contributed by atoms with Gasteiger partial charge in [0, 0.05) is 16.3 Å². The van der Waals surface area contributed by atoms with E-state index in [0.717, 1.165) is 16.8 Å². The maximum absolute atomic E-state index is 6.11. The summed E-state index contributed by atoms with van der Waals surface area (Å²) in [5.41, 5.74) is 0.524. The van der Waals surface area contributed by atoms with Crippen LogP contribution in [0.2, 0.25) is 4.34 Å². The highest BCUT2D eigenvalue weighted by molar-refractivity contribution is 7.16. The van der Waals surface area contributed by atoms with E-state index in [9.17, 15) is 0 Å². The van der Waals surface area contributed by atoms with E-state index >= 15 is 0 Å². The summed E-state index contributed by atoms with van der Waals surface area (Å²) in [5.74, 6) is 0.755. The Labute approximate surface area is 134 Å². The smallest absolute Gasteiger partial charge is 0.0931 e. The SMILES string of the molecule is CC(C)C1(CNC(c2cccs2)c2ccc(Cl)s2)CC1. The zero-order valence-corrected chi connectivity index (χ0v) is 14.2. The third-order valence-electron chi connectivity index (χ3n) is 4.48. The van der Waals surface area contributed by atoms with Crippen LogP contribution in [0, 0.1) is 11.3 Å². The average molecular weight is 326 g/mol. The van der Waals surface area contributed by atoms with Crippen molar-refractivity contribution in [3.8, 4) is 0 Å². The number of nitrogens with one attached hydrogen (secondary N) is 1. The molecule has 1 fully saturated rings. The fourth-order valence-electron chi connectivity index (χ4n) is 2.70. The number of thiophene rings is 2. The molecule has 108 valence electrons. The summed E-state index contributed by atoms with van der Waals surface area (Å²) in [4.78, 5) is 2.69. The van der Waals surface area contributed by atoms with Crippen molar-refractivity contribution in [3.63, 3.8) is 0 Å². The van der Waals surface area contributed by atoms with Gasteiger partial charge in [-0.25, -0.2) is 0 Å². The van der Waals surface area contributed by atoms with E-state index in [2.05, 4.69) is 42.7 Å². The molecular formula is C16H20ClNS2. The predicted molar refractivity (Wildman–Crippen MR) is 90.0 cm³/mol. The Hall–Kier alpha value is -0.350. The van der Waals surface area contributed by atoms with Crippen LogP contribution < -0.4 is 5.32 Å². The first-order valence-electron chi connectivity index (χ1n) is 7.13. The topological polar surface area (TPSA) is 12.0 Å². The average Bonchev–Trinajstić information content (AvgIpc) is 2.83. The quantitative estimate of drug-likeness (QED) is 0.731. The lowest BCUT2D eigenvalue weighted by Gasteiger charge is -2.24. The second-order valence-electron chi connectivity index (χ2n) is 5.99. The normalized spacial score (nSPS) is 18.4. The molecule has 0 bridgehead atoms. The van der Waals surface area contributed by atoms with Crippen molar-refractivity contribution in [1.29, 1.82) is 0 Å². The number of halogens is 1. The second kappa shape index (κ2) is 5.80. The molecule has 1 unspecified atom stereocenters. The predicted octanol–water partition coefficient (Wildman–Crippen LogP) is 5.58. The Balaban J connectivity index is 1.77. The zero-order chi connectivity index (χ0) is 14.2. The molecule has 0 aliphatic heterocycles. The number of hydrogen-bond acceptors (Lipinski definition) is 3. The van der Waals surface area contributed by atoms with Crippen LogP contribution in [0.3, 0.4) is 0 Å². The van der Waals surface area contributed by atoms with Crippen LogP contribution in [-0.2, 0) is 0 Å². The minimum Gasteiger partial charge on any atom is -0.304 e. The highest BCUT2D eigenvalue weighted by Crippen LogP contribution is 2.51. The highest BCUT2D eigenvalue weighted by atomic mass is 35.5. The molecule has 1 N–H and O–H groups in total. The summed E-state index contributed by atoms with van der Waals surface area (Å²) in [5, 5.41) is 5.95. The molecule has 1 atom stereocenters. The largest absolute Gasteiger partial charge is 0.304 e. The molecule has 0 aromatic carbocycles. The van der Waals surface area contributed by atoms with E-state index < -0.39 is 0 Å². The summed E-state index contributed by atoms with van der Waals surface area (Å²) in [7, 11) is 0. The van der Waals surface area contributed by atoms with E-state index in [-0.39, 0.29) is 0 Å². The van der Waals surface area contributed by atoms with Crippen LogP contribution in [0.15, 0.2) is 29.6 Å². The Morgan fingerprint density at radius 2 is 2.05 bits per heavy atom. The highest BCUT2D eigenvalue weighted by Gasteiger charge is 2.45. The Morgan fingerprint density at radius 1 is 1.25 bits per heavy atom. The summed E-state index contributed by atoms with van der Waals surface area (Å²) in [6.07, 6.45) is 2.72. The van der Waals surface area contributed by atoms with E-state index in [1.807, 2.05) is 17.4 Å². The van der Waals surface area contributed by atoms with Crippen molar-refractivity contribution in [3.05, 3.63) is 43.7 Å². The molecule has 20 heavy (non-hydrogen) atoms.